The summed E-state index contributed by atoms with van der Waals surface area (Å²) in [4.78, 5) is 70.0. The zero-order valence-corrected chi connectivity index (χ0v) is 22.7. The lowest BCUT2D eigenvalue weighted by atomic mass is 9.87. The molecule has 208 valence electrons. The molecule has 1 aliphatic rings. The van der Waals surface area contributed by atoms with Gasteiger partial charge in [-0.05, 0) is 60.9 Å². The number of benzene rings is 3. The SMILES string of the molecule is Cc1nc2ccc(CNC(=O)c3ccc(Cl)cc3)cc2c(=O)n1[C@@]1(C(=O)OCc2ccccc2)CCC(=O)NC1=O. The Bertz CT molecular complexity index is 1740. The summed E-state index contributed by atoms with van der Waals surface area (Å²) in [7, 11) is 0. The molecule has 2 N–H and O–H groups in total. The first kappa shape index (κ1) is 27.7. The molecule has 0 unspecified atom stereocenters. The molecule has 1 saturated heterocycles. The second-order valence-electron chi connectivity index (χ2n) is 9.64. The minimum atomic E-state index is -2.14. The van der Waals surface area contributed by atoms with E-state index in [-0.39, 0.29) is 43.1 Å². The summed E-state index contributed by atoms with van der Waals surface area (Å²) in [5.41, 5.74) is -0.740. The number of rotatable bonds is 7. The highest BCUT2D eigenvalue weighted by Crippen LogP contribution is 2.30. The van der Waals surface area contributed by atoms with Gasteiger partial charge in [0.2, 0.25) is 11.4 Å². The van der Waals surface area contributed by atoms with Crippen LogP contribution in [0, 0.1) is 6.92 Å². The normalized spacial score (nSPS) is 16.7. The van der Waals surface area contributed by atoms with Crippen LogP contribution in [0.5, 0.6) is 0 Å². The van der Waals surface area contributed by atoms with Gasteiger partial charge in [-0.2, -0.15) is 0 Å². The van der Waals surface area contributed by atoms with Crippen LogP contribution >= 0.6 is 11.6 Å². The molecule has 0 saturated carbocycles. The maximum absolute atomic E-state index is 14.0. The zero-order valence-electron chi connectivity index (χ0n) is 22.0. The third-order valence-corrected chi connectivity index (χ3v) is 7.19. The number of halogens is 1. The zero-order chi connectivity index (χ0) is 29.1. The maximum Gasteiger partial charge on any atom is 0.342 e. The van der Waals surface area contributed by atoms with Crippen molar-refractivity contribution in [2.45, 2.75) is 38.5 Å². The van der Waals surface area contributed by atoms with Gasteiger partial charge in [0, 0.05) is 23.6 Å². The molecule has 4 aromatic rings. The highest BCUT2D eigenvalue weighted by Gasteiger charge is 2.54. The number of imide groups is 1. The molecular weight excluding hydrogens is 548 g/mol. The van der Waals surface area contributed by atoms with Gasteiger partial charge in [-0.25, -0.2) is 9.78 Å². The number of ether oxygens (including phenoxy) is 1. The number of hydrogen-bond donors (Lipinski definition) is 2. The molecule has 0 bridgehead atoms. The van der Waals surface area contributed by atoms with E-state index in [1.54, 1.807) is 66.7 Å². The van der Waals surface area contributed by atoms with Gasteiger partial charge in [0.25, 0.3) is 17.4 Å². The molecule has 1 fully saturated rings. The molecule has 0 radical (unpaired) electrons. The van der Waals surface area contributed by atoms with Crippen molar-refractivity contribution in [1.82, 2.24) is 20.2 Å². The fourth-order valence-electron chi connectivity index (χ4n) is 4.83. The lowest BCUT2D eigenvalue weighted by Gasteiger charge is -2.35. The maximum atomic E-state index is 14.0. The lowest BCUT2D eigenvalue weighted by Crippen LogP contribution is -2.62. The summed E-state index contributed by atoms with van der Waals surface area (Å²) in [6.45, 7) is 1.48. The molecular formula is C30H25ClN4O6. The third-order valence-electron chi connectivity index (χ3n) is 6.93. The molecule has 3 amide bonds. The number of nitrogens with one attached hydrogen (secondary N) is 2. The Morgan fingerprint density at radius 1 is 1.02 bits per heavy atom. The molecule has 0 aliphatic carbocycles. The molecule has 1 atom stereocenters. The topological polar surface area (TPSA) is 136 Å². The molecule has 10 nitrogen and oxygen atoms in total. The van der Waals surface area contributed by atoms with Crippen LogP contribution in [0.25, 0.3) is 10.9 Å². The summed E-state index contributed by atoms with van der Waals surface area (Å²) in [5, 5.41) is 5.62. The highest BCUT2D eigenvalue weighted by molar-refractivity contribution is 6.30. The number of esters is 1. The van der Waals surface area contributed by atoms with Crippen molar-refractivity contribution in [1.29, 1.82) is 0 Å². The molecule has 1 aliphatic heterocycles. The van der Waals surface area contributed by atoms with Gasteiger partial charge in [-0.15, -0.1) is 0 Å². The smallest absolute Gasteiger partial charge is 0.342 e. The van der Waals surface area contributed by atoms with Crippen molar-refractivity contribution in [2.24, 2.45) is 0 Å². The lowest BCUT2D eigenvalue weighted by molar-refractivity contribution is -0.164. The van der Waals surface area contributed by atoms with Gasteiger partial charge < -0.3 is 10.1 Å². The van der Waals surface area contributed by atoms with Crippen LogP contribution in [0.15, 0.2) is 77.6 Å². The van der Waals surface area contributed by atoms with Gasteiger partial charge in [0.15, 0.2) is 0 Å². The number of carbonyl (C=O) groups excluding carboxylic acids is 4. The number of aryl methyl sites for hydroxylation is 1. The fourth-order valence-corrected chi connectivity index (χ4v) is 4.96. The van der Waals surface area contributed by atoms with E-state index in [9.17, 15) is 24.0 Å². The third kappa shape index (κ3) is 5.46. The molecule has 2 heterocycles. The molecule has 41 heavy (non-hydrogen) atoms. The predicted octanol–water partition coefficient (Wildman–Crippen LogP) is 3.16. The van der Waals surface area contributed by atoms with Crippen molar-refractivity contribution in [3.8, 4) is 0 Å². The number of piperidine rings is 1. The number of carbonyl (C=O) groups is 4. The van der Waals surface area contributed by atoms with Crippen LogP contribution < -0.4 is 16.2 Å². The van der Waals surface area contributed by atoms with Crippen LogP contribution in [0.1, 0.15) is 40.2 Å². The van der Waals surface area contributed by atoms with Gasteiger partial charge in [-0.3, -0.25) is 29.1 Å². The quantitative estimate of drug-likeness (QED) is 0.197. The summed E-state index contributed by atoms with van der Waals surface area (Å²) >= 11 is 5.89. The Labute approximate surface area is 239 Å². The van der Waals surface area contributed by atoms with E-state index in [1.165, 1.54) is 6.92 Å². The Kier molecular flexibility index (Phi) is 7.67. The largest absolute Gasteiger partial charge is 0.459 e. The minimum Gasteiger partial charge on any atom is -0.459 e. The summed E-state index contributed by atoms with van der Waals surface area (Å²) in [6, 6.07) is 20.2. The Morgan fingerprint density at radius 2 is 1.76 bits per heavy atom. The number of amides is 3. The van der Waals surface area contributed by atoms with Gasteiger partial charge in [-0.1, -0.05) is 48.0 Å². The van der Waals surface area contributed by atoms with E-state index in [0.717, 1.165) is 4.57 Å². The van der Waals surface area contributed by atoms with E-state index in [0.29, 0.717) is 27.2 Å². The van der Waals surface area contributed by atoms with Crippen LogP contribution in [-0.2, 0) is 37.8 Å². The predicted molar refractivity (Wildman–Crippen MR) is 150 cm³/mol. The van der Waals surface area contributed by atoms with Crippen molar-refractivity contribution in [3.63, 3.8) is 0 Å². The molecule has 5 rings (SSSR count). The first-order valence-electron chi connectivity index (χ1n) is 12.8. The van der Waals surface area contributed by atoms with E-state index < -0.39 is 28.9 Å². The number of aromatic nitrogens is 2. The summed E-state index contributed by atoms with van der Waals surface area (Å²) in [5.74, 6) is -2.70. The first-order chi connectivity index (χ1) is 19.7. The van der Waals surface area contributed by atoms with Crippen LogP contribution in [-0.4, -0.2) is 33.2 Å². The van der Waals surface area contributed by atoms with Crippen molar-refractivity contribution in [3.05, 3.63) is 111 Å². The van der Waals surface area contributed by atoms with E-state index in [4.69, 9.17) is 16.3 Å². The Hall–Kier alpha value is -4.83. The van der Waals surface area contributed by atoms with Crippen LogP contribution in [0.2, 0.25) is 5.02 Å². The van der Waals surface area contributed by atoms with Crippen molar-refractivity contribution < 1.29 is 23.9 Å². The van der Waals surface area contributed by atoms with Crippen molar-refractivity contribution >= 4 is 46.2 Å². The summed E-state index contributed by atoms with van der Waals surface area (Å²) < 4.78 is 6.55. The standard InChI is InChI=1S/C30H25ClN4O6/c1-18-33-24-12-7-20(16-32-26(37)21-8-10-22(31)11-9-21)15-23(24)27(38)35(18)30(14-13-25(36)34-28(30)39)29(40)41-17-19-5-3-2-4-6-19/h2-12,15H,13-14,16-17H2,1H3,(H,32,37)(H,34,36,39)/t30-/m0/s1. The summed E-state index contributed by atoms with van der Waals surface area (Å²) in [6.07, 6.45) is -0.442. The van der Waals surface area contributed by atoms with Crippen molar-refractivity contribution in [2.75, 3.05) is 0 Å². The number of hydrogen-bond acceptors (Lipinski definition) is 7. The molecule has 11 heteroatoms. The second kappa shape index (κ2) is 11.3. The van der Waals surface area contributed by atoms with Gasteiger partial charge in [0.1, 0.15) is 12.4 Å². The Morgan fingerprint density at radius 3 is 2.46 bits per heavy atom. The van der Waals surface area contributed by atoms with E-state index >= 15 is 0 Å². The minimum absolute atomic E-state index is 0.101. The monoisotopic (exact) mass is 572 g/mol. The van der Waals surface area contributed by atoms with Gasteiger partial charge in [0.05, 0.1) is 10.9 Å². The molecule has 0 spiro atoms. The second-order valence-corrected chi connectivity index (χ2v) is 10.1. The van der Waals surface area contributed by atoms with E-state index in [1.807, 2.05) is 6.07 Å². The molecule has 3 aromatic carbocycles. The average molecular weight is 573 g/mol. The van der Waals surface area contributed by atoms with Gasteiger partial charge >= 0.3 is 5.97 Å². The van der Waals surface area contributed by atoms with Crippen LogP contribution in [0.4, 0.5) is 0 Å². The first-order valence-corrected chi connectivity index (χ1v) is 13.2. The Balaban J connectivity index is 1.50. The number of nitrogens with zero attached hydrogens (tertiary/aromatic N) is 2. The highest BCUT2D eigenvalue weighted by atomic mass is 35.5. The fraction of sp³-hybridized carbons (Fsp3) is 0.200. The van der Waals surface area contributed by atoms with E-state index in [2.05, 4.69) is 15.6 Å². The molecule has 1 aromatic heterocycles. The average Bonchev–Trinajstić information content (AvgIpc) is 2.97. The van der Waals surface area contributed by atoms with Crippen LogP contribution in [0.3, 0.4) is 0 Å². The number of fused-ring (bicyclic) bond motifs is 1.